The molecule has 1 aromatic carbocycles. The highest BCUT2D eigenvalue weighted by atomic mass is 32.1. The first-order chi connectivity index (χ1) is 9.29. The molecule has 1 aliphatic heterocycles. The monoisotopic (exact) mass is 276 g/mol. The van der Waals surface area contributed by atoms with E-state index in [9.17, 15) is 0 Å². The predicted molar refractivity (Wildman–Crippen MR) is 78.6 cm³/mol. The van der Waals surface area contributed by atoms with Crippen molar-refractivity contribution in [2.45, 2.75) is 4.90 Å². The second-order valence-electron chi connectivity index (χ2n) is 4.48. The van der Waals surface area contributed by atoms with Crippen LogP contribution in [-0.2, 0) is 4.74 Å². The molecule has 0 spiro atoms. The molecule has 2 aromatic rings. The molecule has 2 heterocycles. The minimum absolute atomic E-state index is 0.744. The third kappa shape index (κ3) is 2.35. The van der Waals surface area contributed by atoms with Crippen molar-refractivity contribution in [2.75, 3.05) is 38.3 Å². The van der Waals surface area contributed by atoms with E-state index in [1.165, 1.54) is 0 Å². The van der Waals surface area contributed by atoms with Gasteiger partial charge in [-0.15, -0.1) is 12.6 Å². The number of hydrogen-bond donors (Lipinski definition) is 1. The van der Waals surface area contributed by atoms with Crippen molar-refractivity contribution in [2.24, 2.45) is 0 Å². The molecular formula is C14H16N2O2S. The fourth-order valence-electron chi connectivity index (χ4n) is 2.39. The normalized spacial score (nSPS) is 15.8. The summed E-state index contributed by atoms with van der Waals surface area (Å²) in [5, 5.41) is 0.999. The van der Waals surface area contributed by atoms with E-state index >= 15 is 0 Å². The lowest BCUT2D eigenvalue weighted by Gasteiger charge is -2.30. The molecule has 1 aliphatic rings. The molecule has 1 aromatic heterocycles. The van der Waals surface area contributed by atoms with Crippen molar-refractivity contribution in [3.8, 4) is 5.75 Å². The van der Waals surface area contributed by atoms with Gasteiger partial charge in [-0.25, -0.2) is 0 Å². The first kappa shape index (κ1) is 12.6. The third-order valence-electron chi connectivity index (χ3n) is 3.34. The average molecular weight is 276 g/mol. The number of methoxy groups -OCH3 is 1. The summed E-state index contributed by atoms with van der Waals surface area (Å²) in [5.74, 6) is 0.864. The lowest BCUT2D eigenvalue weighted by atomic mass is 10.1. The Morgan fingerprint density at radius 1 is 1.32 bits per heavy atom. The number of ether oxygens (including phenoxy) is 2. The van der Waals surface area contributed by atoms with Crippen molar-refractivity contribution in [1.82, 2.24) is 4.98 Å². The van der Waals surface area contributed by atoms with E-state index in [1.807, 2.05) is 24.4 Å². The van der Waals surface area contributed by atoms with E-state index in [0.29, 0.717) is 0 Å². The molecular weight excluding hydrogens is 260 g/mol. The molecule has 19 heavy (non-hydrogen) atoms. The summed E-state index contributed by atoms with van der Waals surface area (Å²) in [6, 6.07) is 5.89. The third-order valence-corrected chi connectivity index (χ3v) is 3.62. The summed E-state index contributed by atoms with van der Waals surface area (Å²) in [6.07, 6.45) is 1.88. The quantitative estimate of drug-likeness (QED) is 0.854. The first-order valence-electron chi connectivity index (χ1n) is 6.28. The van der Waals surface area contributed by atoms with E-state index in [1.54, 1.807) is 7.11 Å². The van der Waals surface area contributed by atoms with E-state index < -0.39 is 0 Å². The zero-order chi connectivity index (χ0) is 13.2. The Morgan fingerprint density at radius 3 is 2.84 bits per heavy atom. The van der Waals surface area contributed by atoms with Crippen LogP contribution in [0.25, 0.3) is 10.9 Å². The molecule has 3 rings (SSSR count). The van der Waals surface area contributed by atoms with Crippen LogP contribution in [-0.4, -0.2) is 38.4 Å². The largest absolute Gasteiger partial charge is 0.494 e. The minimum atomic E-state index is 0.744. The number of fused-ring (bicyclic) bond motifs is 1. The first-order valence-corrected chi connectivity index (χ1v) is 6.73. The Morgan fingerprint density at radius 2 is 2.11 bits per heavy atom. The van der Waals surface area contributed by atoms with Gasteiger partial charge in [-0.1, -0.05) is 0 Å². The van der Waals surface area contributed by atoms with Gasteiger partial charge in [0.2, 0.25) is 0 Å². The Bertz CT molecular complexity index is 597. The molecule has 0 bridgehead atoms. The highest BCUT2D eigenvalue weighted by Gasteiger charge is 2.18. The maximum absolute atomic E-state index is 5.61. The topological polar surface area (TPSA) is 34.6 Å². The van der Waals surface area contributed by atoms with Gasteiger partial charge < -0.3 is 14.4 Å². The Labute approximate surface area is 117 Å². The lowest BCUT2D eigenvalue weighted by Crippen LogP contribution is -2.36. The Balaban J connectivity index is 2.13. The van der Waals surface area contributed by atoms with Crippen molar-refractivity contribution >= 4 is 29.2 Å². The molecule has 0 amide bonds. The van der Waals surface area contributed by atoms with Gasteiger partial charge in [0, 0.05) is 23.4 Å². The van der Waals surface area contributed by atoms with Gasteiger partial charge in [-0.05, 0) is 18.2 Å². The van der Waals surface area contributed by atoms with Crippen LogP contribution < -0.4 is 9.64 Å². The van der Waals surface area contributed by atoms with E-state index in [4.69, 9.17) is 9.47 Å². The smallest absolute Gasteiger partial charge is 0.153 e. The second-order valence-corrected chi connectivity index (χ2v) is 4.99. The van der Waals surface area contributed by atoms with Gasteiger partial charge in [0.25, 0.3) is 0 Å². The molecule has 100 valence electrons. The predicted octanol–water partition coefficient (Wildman–Crippen LogP) is 2.37. The van der Waals surface area contributed by atoms with E-state index in [2.05, 4.69) is 22.5 Å². The maximum atomic E-state index is 5.61. The van der Waals surface area contributed by atoms with Crippen molar-refractivity contribution in [3.63, 3.8) is 0 Å². The molecule has 0 aliphatic carbocycles. The number of benzene rings is 1. The summed E-state index contributed by atoms with van der Waals surface area (Å²) in [4.78, 5) is 7.67. The van der Waals surface area contributed by atoms with Gasteiger partial charge in [-0.2, -0.15) is 0 Å². The SMILES string of the molecule is COc1c(N2CCOCC2)cnc2ccc(S)cc12. The maximum Gasteiger partial charge on any atom is 0.153 e. The number of nitrogens with zero attached hydrogens (tertiary/aromatic N) is 2. The summed E-state index contributed by atoms with van der Waals surface area (Å²) in [5.41, 5.74) is 1.95. The van der Waals surface area contributed by atoms with Crippen LogP contribution in [0.3, 0.4) is 0 Å². The van der Waals surface area contributed by atoms with Crippen LogP contribution in [0.1, 0.15) is 0 Å². The fourth-order valence-corrected chi connectivity index (χ4v) is 2.59. The van der Waals surface area contributed by atoms with Crippen LogP contribution in [0.2, 0.25) is 0 Å². The van der Waals surface area contributed by atoms with Gasteiger partial charge >= 0.3 is 0 Å². The Hall–Kier alpha value is -1.46. The average Bonchev–Trinajstić information content (AvgIpc) is 2.46. The van der Waals surface area contributed by atoms with E-state index in [-0.39, 0.29) is 0 Å². The molecule has 1 fully saturated rings. The molecule has 0 atom stereocenters. The number of hydrogen-bond acceptors (Lipinski definition) is 5. The van der Waals surface area contributed by atoms with Crippen LogP contribution in [0.15, 0.2) is 29.3 Å². The highest BCUT2D eigenvalue weighted by molar-refractivity contribution is 7.80. The summed E-state index contributed by atoms with van der Waals surface area (Å²) < 4.78 is 11.0. The number of pyridine rings is 1. The van der Waals surface area contributed by atoms with Crippen LogP contribution in [0.4, 0.5) is 5.69 Å². The fraction of sp³-hybridized carbons (Fsp3) is 0.357. The molecule has 1 saturated heterocycles. The molecule has 0 radical (unpaired) electrons. The zero-order valence-corrected chi connectivity index (χ0v) is 11.7. The molecule has 4 nitrogen and oxygen atoms in total. The number of rotatable bonds is 2. The summed E-state index contributed by atoms with van der Waals surface area (Å²) in [7, 11) is 1.70. The van der Waals surface area contributed by atoms with Gasteiger partial charge in [-0.3, -0.25) is 4.98 Å². The van der Waals surface area contributed by atoms with Crippen molar-refractivity contribution < 1.29 is 9.47 Å². The molecule has 0 saturated carbocycles. The van der Waals surface area contributed by atoms with Gasteiger partial charge in [0.1, 0.15) is 0 Å². The second kappa shape index (κ2) is 5.27. The highest BCUT2D eigenvalue weighted by Crippen LogP contribution is 2.35. The lowest BCUT2D eigenvalue weighted by molar-refractivity contribution is 0.122. The number of thiol groups is 1. The van der Waals surface area contributed by atoms with Crippen molar-refractivity contribution in [3.05, 3.63) is 24.4 Å². The van der Waals surface area contributed by atoms with E-state index in [0.717, 1.165) is 53.5 Å². The molecule has 0 N–H and O–H groups in total. The number of aromatic nitrogens is 1. The number of morpholine rings is 1. The van der Waals surface area contributed by atoms with Crippen LogP contribution in [0.5, 0.6) is 5.75 Å². The van der Waals surface area contributed by atoms with Gasteiger partial charge in [0.05, 0.1) is 37.7 Å². The Kier molecular flexibility index (Phi) is 3.48. The van der Waals surface area contributed by atoms with Crippen molar-refractivity contribution in [1.29, 1.82) is 0 Å². The summed E-state index contributed by atoms with van der Waals surface area (Å²) in [6.45, 7) is 3.22. The number of anilines is 1. The molecule has 0 unspecified atom stereocenters. The minimum Gasteiger partial charge on any atom is -0.494 e. The summed E-state index contributed by atoms with van der Waals surface area (Å²) >= 11 is 4.39. The van der Waals surface area contributed by atoms with Crippen LogP contribution >= 0.6 is 12.6 Å². The zero-order valence-electron chi connectivity index (χ0n) is 10.8. The molecule has 5 heteroatoms. The standard InChI is InChI=1S/C14H16N2O2S/c1-17-14-11-8-10(19)2-3-12(11)15-9-13(14)16-4-6-18-7-5-16/h2-3,8-9,19H,4-7H2,1H3. The van der Waals surface area contributed by atoms with Gasteiger partial charge in [0.15, 0.2) is 5.75 Å². The van der Waals surface area contributed by atoms with Crippen LogP contribution in [0, 0.1) is 0 Å².